The van der Waals surface area contributed by atoms with Crippen LogP contribution in [0.5, 0.6) is 5.75 Å². The lowest BCUT2D eigenvalue weighted by atomic mass is 9.87. The molecule has 0 saturated carbocycles. The third-order valence-electron chi connectivity index (χ3n) is 7.85. The van der Waals surface area contributed by atoms with E-state index >= 15 is 0 Å². The molecule has 8 heteroatoms. The van der Waals surface area contributed by atoms with E-state index in [9.17, 15) is 18.0 Å². The van der Waals surface area contributed by atoms with Gasteiger partial charge in [-0.15, -0.1) is 0 Å². The van der Waals surface area contributed by atoms with E-state index < -0.39 is 15.9 Å². The Labute approximate surface area is 239 Å². The molecule has 3 atom stereocenters. The van der Waals surface area contributed by atoms with Gasteiger partial charge in [-0.25, -0.2) is 8.42 Å². The summed E-state index contributed by atoms with van der Waals surface area (Å²) in [6, 6.07) is 29.7. The van der Waals surface area contributed by atoms with Crippen molar-refractivity contribution in [2.75, 3.05) is 22.6 Å². The van der Waals surface area contributed by atoms with Gasteiger partial charge in [0.2, 0.25) is 5.91 Å². The number of amides is 2. The standard InChI is InChI=1S/C33H30N2O5S/c1-21-20-34(33(37)32-31(24-9-5-4-6-10-24)27-11-7-8-12-30(27)40-32)29-19-25(15-18-28(29)35(21)22(2)36)23-13-16-26(17-14-23)41(3,38)39/h4-19,21,31-32H,20H2,1-3H3. The normalized spacial score (nSPS) is 19.7. The zero-order valence-corrected chi connectivity index (χ0v) is 23.8. The fourth-order valence-corrected chi connectivity index (χ4v) is 6.59. The van der Waals surface area contributed by atoms with Crippen LogP contribution in [-0.4, -0.2) is 45.2 Å². The molecule has 0 fully saturated rings. The molecular weight excluding hydrogens is 536 g/mol. The molecule has 0 bridgehead atoms. The number of nitrogens with zero attached hydrogens (tertiary/aromatic N) is 2. The second-order valence-corrected chi connectivity index (χ2v) is 12.7. The Hall–Kier alpha value is -4.43. The van der Waals surface area contributed by atoms with E-state index in [-0.39, 0.29) is 28.7 Å². The molecule has 2 amide bonds. The van der Waals surface area contributed by atoms with Crippen LogP contribution in [0.1, 0.15) is 30.9 Å². The van der Waals surface area contributed by atoms with Crippen LogP contribution in [0, 0.1) is 0 Å². The van der Waals surface area contributed by atoms with Crippen LogP contribution < -0.4 is 14.5 Å². The molecule has 208 valence electrons. The Morgan fingerprint density at radius 1 is 0.829 bits per heavy atom. The second-order valence-electron chi connectivity index (χ2n) is 10.7. The third-order valence-corrected chi connectivity index (χ3v) is 8.98. The van der Waals surface area contributed by atoms with Crippen LogP contribution in [-0.2, 0) is 19.4 Å². The maximum Gasteiger partial charge on any atom is 0.269 e. The molecule has 0 aromatic heterocycles. The average Bonchev–Trinajstić information content (AvgIpc) is 3.35. The molecule has 4 aromatic rings. The van der Waals surface area contributed by atoms with Crippen molar-refractivity contribution in [2.24, 2.45) is 0 Å². The predicted molar refractivity (Wildman–Crippen MR) is 159 cm³/mol. The summed E-state index contributed by atoms with van der Waals surface area (Å²) in [6.07, 6.45) is 0.394. The van der Waals surface area contributed by atoms with Crippen molar-refractivity contribution >= 4 is 33.0 Å². The lowest BCUT2D eigenvalue weighted by Crippen LogP contribution is -2.54. The molecule has 0 aliphatic carbocycles. The van der Waals surface area contributed by atoms with Gasteiger partial charge >= 0.3 is 0 Å². The van der Waals surface area contributed by atoms with Crippen LogP contribution in [0.25, 0.3) is 11.1 Å². The molecule has 0 spiro atoms. The molecule has 4 aromatic carbocycles. The first kappa shape index (κ1) is 26.8. The highest BCUT2D eigenvalue weighted by atomic mass is 32.2. The number of anilines is 2. The smallest absolute Gasteiger partial charge is 0.269 e. The highest BCUT2D eigenvalue weighted by Gasteiger charge is 2.45. The third kappa shape index (κ3) is 4.78. The molecule has 0 N–H and O–H groups in total. The van der Waals surface area contributed by atoms with E-state index in [0.29, 0.717) is 23.7 Å². The molecule has 2 aliphatic rings. The first-order chi connectivity index (χ1) is 19.6. The van der Waals surface area contributed by atoms with E-state index in [1.54, 1.807) is 34.1 Å². The maximum atomic E-state index is 14.5. The quantitative estimate of drug-likeness (QED) is 0.329. The number of ether oxygens (including phenoxy) is 1. The van der Waals surface area contributed by atoms with Crippen molar-refractivity contribution < 1.29 is 22.7 Å². The fraction of sp³-hybridized carbons (Fsp3) is 0.212. The summed E-state index contributed by atoms with van der Waals surface area (Å²) >= 11 is 0. The zero-order valence-electron chi connectivity index (χ0n) is 23.0. The van der Waals surface area contributed by atoms with Gasteiger partial charge in [0.1, 0.15) is 5.75 Å². The minimum atomic E-state index is -3.33. The topological polar surface area (TPSA) is 84.0 Å². The number of hydrogen-bond acceptors (Lipinski definition) is 5. The molecule has 0 saturated heterocycles. The number of para-hydroxylation sites is 1. The van der Waals surface area contributed by atoms with Gasteiger partial charge in [0, 0.05) is 25.3 Å². The predicted octanol–water partition coefficient (Wildman–Crippen LogP) is 5.44. The number of sulfone groups is 1. The van der Waals surface area contributed by atoms with Gasteiger partial charge in [-0.2, -0.15) is 0 Å². The number of carbonyl (C=O) groups is 2. The summed E-state index contributed by atoms with van der Waals surface area (Å²) in [5.41, 5.74) is 4.81. The molecule has 7 nitrogen and oxygen atoms in total. The SMILES string of the molecule is CC(=O)N1c2ccc(-c3ccc(S(C)(=O)=O)cc3)cc2N(C(=O)C2Oc3ccccc3C2c2ccccc2)CC1C. The van der Waals surface area contributed by atoms with Crippen LogP contribution in [0.3, 0.4) is 0 Å². The summed E-state index contributed by atoms with van der Waals surface area (Å²) in [5, 5.41) is 0. The minimum absolute atomic E-state index is 0.109. The first-order valence-corrected chi connectivity index (χ1v) is 15.4. The Morgan fingerprint density at radius 2 is 1.49 bits per heavy atom. The highest BCUT2D eigenvalue weighted by Crippen LogP contribution is 2.45. The number of hydrogen-bond donors (Lipinski definition) is 0. The number of carbonyl (C=O) groups excluding carboxylic acids is 2. The molecule has 3 unspecified atom stereocenters. The van der Waals surface area contributed by atoms with Crippen molar-refractivity contribution in [3.8, 4) is 16.9 Å². The van der Waals surface area contributed by atoms with E-state index in [1.165, 1.54) is 13.2 Å². The van der Waals surface area contributed by atoms with E-state index in [4.69, 9.17) is 4.74 Å². The Morgan fingerprint density at radius 3 is 2.17 bits per heavy atom. The summed E-state index contributed by atoms with van der Waals surface area (Å²) in [6.45, 7) is 3.76. The summed E-state index contributed by atoms with van der Waals surface area (Å²) in [4.78, 5) is 30.9. The highest BCUT2D eigenvalue weighted by molar-refractivity contribution is 7.90. The van der Waals surface area contributed by atoms with Crippen LogP contribution in [0.15, 0.2) is 102 Å². The van der Waals surface area contributed by atoms with E-state index in [0.717, 1.165) is 22.3 Å². The summed E-state index contributed by atoms with van der Waals surface area (Å²) in [5.74, 6) is 0.116. The minimum Gasteiger partial charge on any atom is -0.479 e. The maximum absolute atomic E-state index is 14.5. The second kappa shape index (κ2) is 10.2. The van der Waals surface area contributed by atoms with Crippen molar-refractivity contribution in [2.45, 2.75) is 36.8 Å². The van der Waals surface area contributed by atoms with Crippen molar-refractivity contribution in [1.29, 1.82) is 0 Å². The Balaban J connectivity index is 1.44. The van der Waals surface area contributed by atoms with Gasteiger partial charge in [-0.1, -0.05) is 66.7 Å². The van der Waals surface area contributed by atoms with Gasteiger partial charge in [-0.3, -0.25) is 9.59 Å². The summed E-state index contributed by atoms with van der Waals surface area (Å²) < 4.78 is 30.3. The van der Waals surface area contributed by atoms with Crippen molar-refractivity contribution in [3.05, 3.63) is 108 Å². The molecule has 41 heavy (non-hydrogen) atoms. The lowest BCUT2D eigenvalue weighted by Gasteiger charge is -2.42. The van der Waals surface area contributed by atoms with Crippen LogP contribution in [0.2, 0.25) is 0 Å². The van der Waals surface area contributed by atoms with Gasteiger partial charge in [0.15, 0.2) is 15.9 Å². The van der Waals surface area contributed by atoms with E-state index in [1.807, 2.05) is 79.7 Å². The number of fused-ring (bicyclic) bond motifs is 2. The van der Waals surface area contributed by atoms with Crippen LogP contribution in [0.4, 0.5) is 11.4 Å². The molecular formula is C33H30N2O5S. The van der Waals surface area contributed by atoms with Crippen LogP contribution >= 0.6 is 0 Å². The number of benzene rings is 4. The Kier molecular flexibility index (Phi) is 6.66. The van der Waals surface area contributed by atoms with Gasteiger partial charge in [0.05, 0.1) is 28.2 Å². The summed E-state index contributed by atoms with van der Waals surface area (Å²) in [7, 11) is -3.33. The van der Waals surface area contributed by atoms with E-state index in [2.05, 4.69) is 0 Å². The fourth-order valence-electron chi connectivity index (χ4n) is 5.96. The number of rotatable bonds is 4. The molecule has 2 heterocycles. The van der Waals surface area contributed by atoms with Crippen molar-refractivity contribution in [1.82, 2.24) is 0 Å². The zero-order chi connectivity index (χ0) is 28.9. The lowest BCUT2D eigenvalue weighted by molar-refractivity contribution is -0.125. The largest absolute Gasteiger partial charge is 0.479 e. The Bertz CT molecular complexity index is 1750. The van der Waals surface area contributed by atoms with Gasteiger partial charge < -0.3 is 14.5 Å². The molecule has 6 rings (SSSR count). The monoisotopic (exact) mass is 566 g/mol. The molecule has 2 aliphatic heterocycles. The van der Waals surface area contributed by atoms with Gasteiger partial charge in [0.25, 0.3) is 5.91 Å². The molecule has 0 radical (unpaired) electrons. The van der Waals surface area contributed by atoms with Crippen molar-refractivity contribution in [3.63, 3.8) is 0 Å². The van der Waals surface area contributed by atoms with Gasteiger partial charge in [-0.05, 0) is 53.9 Å². The average molecular weight is 567 g/mol. The first-order valence-electron chi connectivity index (χ1n) is 13.5.